The highest BCUT2D eigenvalue weighted by Crippen LogP contribution is 2.38. The van der Waals surface area contributed by atoms with E-state index in [0.717, 1.165) is 47.5 Å². The molecule has 0 saturated carbocycles. The molecule has 1 heterocycles. The third-order valence-electron chi connectivity index (χ3n) is 5.59. The molecular weight excluding hydrogens is 499 g/mol. The van der Waals surface area contributed by atoms with Crippen LogP contribution >= 0.6 is 35.3 Å². The Labute approximate surface area is 218 Å². The lowest BCUT2D eigenvalue weighted by atomic mass is 9.95. The van der Waals surface area contributed by atoms with Crippen molar-refractivity contribution in [2.75, 3.05) is 28.8 Å². The number of hydrogen-bond acceptors (Lipinski definition) is 6. The van der Waals surface area contributed by atoms with Crippen LogP contribution in [-0.2, 0) is 22.4 Å². The standard InChI is InChI=1S/C26H27N3O3S3/c1-16-10-12-17(13-11-16)27-26(33)28-18-6-5-7-19(14-18)34-15-22(30)29-24-23(25(31)32-2)20-8-3-4-9-21(20)35-24/h5-7,10-14H,3-4,8-9,15H2,1-2H3,(H,29,30)(H2,27,28,33). The van der Waals surface area contributed by atoms with Crippen LogP contribution in [0, 0.1) is 6.92 Å². The number of benzene rings is 2. The van der Waals surface area contributed by atoms with Gasteiger partial charge in [-0.05, 0) is 80.7 Å². The van der Waals surface area contributed by atoms with Crippen LogP contribution in [0.4, 0.5) is 16.4 Å². The maximum atomic E-state index is 12.7. The Kier molecular flexibility index (Phi) is 8.43. The second-order valence-corrected chi connectivity index (χ2v) is 10.8. The summed E-state index contributed by atoms with van der Waals surface area (Å²) in [5, 5.41) is 10.4. The molecule has 4 rings (SSSR count). The zero-order chi connectivity index (χ0) is 24.8. The minimum absolute atomic E-state index is 0.159. The summed E-state index contributed by atoms with van der Waals surface area (Å²) < 4.78 is 4.99. The maximum absolute atomic E-state index is 12.7. The van der Waals surface area contributed by atoms with Crippen molar-refractivity contribution in [2.45, 2.75) is 37.5 Å². The minimum Gasteiger partial charge on any atom is -0.465 e. The average Bonchev–Trinajstić information content (AvgIpc) is 3.21. The summed E-state index contributed by atoms with van der Waals surface area (Å²) >= 11 is 8.34. The van der Waals surface area contributed by atoms with Crippen LogP contribution in [-0.4, -0.2) is 29.9 Å². The van der Waals surface area contributed by atoms with Crippen molar-refractivity contribution in [2.24, 2.45) is 0 Å². The van der Waals surface area contributed by atoms with Crippen LogP contribution in [0.3, 0.4) is 0 Å². The molecule has 1 aliphatic carbocycles. The van der Waals surface area contributed by atoms with Gasteiger partial charge < -0.3 is 20.7 Å². The van der Waals surface area contributed by atoms with E-state index in [0.29, 0.717) is 15.7 Å². The third kappa shape index (κ3) is 6.62. The molecule has 1 aromatic heterocycles. The molecule has 2 aromatic carbocycles. The van der Waals surface area contributed by atoms with Crippen LogP contribution < -0.4 is 16.0 Å². The number of amides is 1. The number of carbonyl (C=O) groups excluding carboxylic acids is 2. The monoisotopic (exact) mass is 525 g/mol. The molecule has 1 amide bonds. The topological polar surface area (TPSA) is 79.5 Å². The number of aryl methyl sites for hydroxylation is 2. The normalized spacial score (nSPS) is 12.4. The van der Waals surface area contributed by atoms with E-state index in [9.17, 15) is 9.59 Å². The van der Waals surface area contributed by atoms with Crippen molar-refractivity contribution in [3.8, 4) is 0 Å². The lowest BCUT2D eigenvalue weighted by Gasteiger charge is -2.12. The fourth-order valence-corrected chi connectivity index (χ4v) is 6.16. The van der Waals surface area contributed by atoms with E-state index in [1.54, 1.807) is 0 Å². The maximum Gasteiger partial charge on any atom is 0.341 e. The highest BCUT2D eigenvalue weighted by atomic mass is 32.2. The predicted molar refractivity (Wildman–Crippen MR) is 149 cm³/mol. The summed E-state index contributed by atoms with van der Waals surface area (Å²) in [7, 11) is 1.37. The largest absolute Gasteiger partial charge is 0.465 e. The molecule has 0 radical (unpaired) electrons. The fourth-order valence-electron chi connectivity index (χ4n) is 3.88. The van der Waals surface area contributed by atoms with Gasteiger partial charge in [0, 0.05) is 21.1 Å². The molecule has 0 unspecified atom stereocenters. The van der Waals surface area contributed by atoms with E-state index in [1.807, 2.05) is 55.5 Å². The number of nitrogens with one attached hydrogen (secondary N) is 3. The molecule has 1 aliphatic rings. The average molecular weight is 526 g/mol. The van der Waals surface area contributed by atoms with Crippen molar-refractivity contribution in [1.29, 1.82) is 0 Å². The first-order valence-electron chi connectivity index (χ1n) is 11.3. The van der Waals surface area contributed by atoms with Gasteiger partial charge in [0.2, 0.25) is 5.91 Å². The van der Waals surface area contributed by atoms with Crippen LogP contribution in [0.2, 0.25) is 0 Å². The highest BCUT2D eigenvalue weighted by Gasteiger charge is 2.26. The van der Waals surface area contributed by atoms with Gasteiger partial charge in [0.15, 0.2) is 5.11 Å². The van der Waals surface area contributed by atoms with Crippen LogP contribution in [0.25, 0.3) is 0 Å². The van der Waals surface area contributed by atoms with Gasteiger partial charge in [0.25, 0.3) is 0 Å². The molecule has 35 heavy (non-hydrogen) atoms. The minimum atomic E-state index is -0.388. The number of hydrogen-bond donors (Lipinski definition) is 3. The van der Waals surface area contributed by atoms with E-state index in [1.165, 1.54) is 40.6 Å². The third-order valence-corrected chi connectivity index (χ3v) is 7.99. The molecule has 9 heteroatoms. The van der Waals surface area contributed by atoms with E-state index in [4.69, 9.17) is 17.0 Å². The number of thiocarbonyl (C=S) groups is 1. The van der Waals surface area contributed by atoms with Crippen molar-refractivity contribution in [3.05, 3.63) is 70.1 Å². The first kappa shape index (κ1) is 25.2. The Hall–Kier alpha value is -2.88. The molecule has 0 fully saturated rings. The number of thiophene rings is 1. The van der Waals surface area contributed by atoms with Crippen molar-refractivity contribution >= 4 is 68.7 Å². The number of thioether (sulfide) groups is 1. The zero-order valence-electron chi connectivity index (χ0n) is 19.6. The molecule has 6 nitrogen and oxygen atoms in total. The van der Waals surface area contributed by atoms with Crippen molar-refractivity contribution in [3.63, 3.8) is 0 Å². The van der Waals surface area contributed by atoms with Crippen molar-refractivity contribution < 1.29 is 14.3 Å². The van der Waals surface area contributed by atoms with Gasteiger partial charge in [-0.25, -0.2) is 4.79 Å². The predicted octanol–water partition coefficient (Wildman–Crippen LogP) is 6.26. The molecule has 0 aliphatic heterocycles. The molecule has 0 bridgehead atoms. The summed E-state index contributed by atoms with van der Waals surface area (Å²) in [5.41, 5.74) is 4.48. The Morgan fingerprint density at radius 2 is 1.77 bits per heavy atom. The molecular formula is C26H27N3O3S3. The summed E-state index contributed by atoms with van der Waals surface area (Å²) in [6.07, 6.45) is 3.94. The highest BCUT2D eigenvalue weighted by molar-refractivity contribution is 8.00. The van der Waals surface area contributed by atoms with Gasteiger partial charge in [0.1, 0.15) is 5.00 Å². The van der Waals surface area contributed by atoms with Crippen LogP contribution in [0.15, 0.2) is 53.4 Å². The number of rotatable bonds is 7. The Morgan fingerprint density at radius 3 is 2.54 bits per heavy atom. The molecule has 182 valence electrons. The lowest BCUT2D eigenvalue weighted by Crippen LogP contribution is -2.19. The van der Waals surface area contributed by atoms with E-state index < -0.39 is 0 Å². The summed E-state index contributed by atoms with van der Waals surface area (Å²) in [6, 6.07) is 15.7. The van der Waals surface area contributed by atoms with E-state index in [-0.39, 0.29) is 17.6 Å². The van der Waals surface area contributed by atoms with Gasteiger partial charge in [0.05, 0.1) is 18.4 Å². The number of ether oxygens (including phenoxy) is 1. The Bertz CT molecular complexity index is 1240. The van der Waals surface area contributed by atoms with Gasteiger partial charge >= 0.3 is 5.97 Å². The molecule has 0 atom stereocenters. The molecule has 3 N–H and O–H groups in total. The second-order valence-electron chi connectivity index (χ2n) is 8.22. The van der Waals surface area contributed by atoms with Crippen molar-refractivity contribution in [1.82, 2.24) is 0 Å². The zero-order valence-corrected chi connectivity index (χ0v) is 22.1. The summed E-state index contributed by atoms with van der Waals surface area (Å²) in [5.74, 6) is -0.325. The van der Waals surface area contributed by atoms with Crippen LogP contribution in [0.1, 0.15) is 39.2 Å². The van der Waals surface area contributed by atoms with Gasteiger partial charge in [-0.1, -0.05) is 23.8 Å². The molecule has 0 saturated heterocycles. The number of anilines is 3. The summed E-state index contributed by atoms with van der Waals surface area (Å²) in [4.78, 5) is 27.2. The van der Waals surface area contributed by atoms with Gasteiger partial charge in [-0.2, -0.15) is 0 Å². The van der Waals surface area contributed by atoms with Crippen LogP contribution in [0.5, 0.6) is 0 Å². The first-order chi connectivity index (χ1) is 16.9. The smallest absolute Gasteiger partial charge is 0.341 e. The number of carbonyl (C=O) groups is 2. The lowest BCUT2D eigenvalue weighted by molar-refractivity contribution is -0.113. The quantitative estimate of drug-likeness (QED) is 0.191. The van der Waals surface area contributed by atoms with E-state index in [2.05, 4.69) is 16.0 Å². The number of methoxy groups -OCH3 is 1. The Balaban J connectivity index is 1.34. The number of fused-ring (bicyclic) bond motifs is 1. The first-order valence-corrected chi connectivity index (χ1v) is 13.5. The van der Waals surface area contributed by atoms with E-state index >= 15 is 0 Å². The summed E-state index contributed by atoms with van der Waals surface area (Å²) in [6.45, 7) is 2.04. The second kappa shape index (κ2) is 11.7. The molecule has 3 aromatic rings. The SMILES string of the molecule is COC(=O)c1c(NC(=O)CSc2cccc(NC(=S)Nc3ccc(C)cc3)c2)sc2c1CCCC2. The number of esters is 1. The molecule has 0 spiro atoms. The fraction of sp³-hybridized carbons (Fsp3) is 0.269. The van der Waals surface area contributed by atoms with Gasteiger partial charge in [-0.15, -0.1) is 23.1 Å². The van der Waals surface area contributed by atoms with Gasteiger partial charge in [-0.3, -0.25) is 4.79 Å². The Morgan fingerprint density at radius 1 is 1.03 bits per heavy atom.